The molecule has 0 aromatic carbocycles. The lowest BCUT2D eigenvalue weighted by Crippen LogP contribution is -2.44. The van der Waals surface area contributed by atoms with Crippen LogP contribution >= 0.6 is 0 Å². The zero-order chi connectivity index (χ0) is 12.8. The van der Waals surface area contributed by atoms with E-state index >= 15 is 0 Å². The van der Waals surface area contributed by atoms with E-state index in [1.54, 1.807) is 0 Å². The molecule has 96 valence electrons. The lowest BCUT2D eigenvalue weighted by Gasteiger charge is -2.37. The molecule has 0 amide bonds. The monoisotopic (exact) mass is 243 g/mol. The fourth-order valence-corrected chi connectivity index (χ4v) is 2.10. The first kappa shape index (κ1) is 15.9. The molecule has 0 saturated heterocycles. The molecule has 2 nitrogen and oxygen atoms in total. The van der Waals surface area contributed by atoms with E-state index in [1.165, 1.54) is 0 Å². The van der Waals surface area contributed by atoms with Gasteiger partial charge in [-0.15, -0.1) is 0 Å². The third kappa shape index (κ3) is 5.82. The van der Waals surface area contributed by atoms with Crippen LogP contribution in [0.25, 0.3) is 0 Å². The average Bonchev–Trinajstić information content (AvgIpc) is 2.13. The molecule has 0 aliphatic carbocycles. The first-order valence-corrected chi connectivity index (χ1v) is 9.10. The van der Waals surface area contributed by atoms with E-state index in [2.05, 4.69) is 58.3 Å². The molecule has 0 heterocycles. The molecule has 16 heavy (non-hydrogen) atoms. The Hall–Kier alpha value is -0.123. The van der Waals surface area contributed by atoms with Gasteiger partial charge in [-0.25, -0.2) is 0 Å². The van der Waals surface area contributed by atoms with Crippen LogP contribution in [0.2, 0.25) is 18.1 Å². The molecule has 0 fully saturated rings. The fraction of sp³-hybridized carbons (Fsp3) is 0.846. The predicted molar refractivity (Wildman–Crippen MR) is 75.4 cm³/mol. The van der Waals surface area contributed by atoms with Crippen LogP contribution in [0, 0.1) is 0 Å². The molecule has 1 unspecified atom stereocenters. The van der Waals surface area contributed by atoms with E-state index in [0.717, 1.165) is 13.2 Å². The first-order valence-electron chi connectivity index (χ1n) is 6.19. The third-order valence-electron chi connectivity index (χ3n) is 3.32. The molecular formula is C13H29NOSi. The van der Waals surface area contributed by atoms with Gasteiger partial charge in [0.15, 0.2) is 8.32 Å². The van der Waals surface area contributed by atoms with Crippen molar-refractivity contribution in [2.45, 2.75) is 58.8 Å². The van der Waals surface area contributed by atoms with Crippen LogP contribution < -0.4 is 5.32 Å². The molecule has 0 radical (unpaired) electrons. The van der Waals surface area contributed by atoms with Crippen LogP contribution in [0.4, 0.5) is 0 Å². The second-order valence-corrected chi connectivity index (χ2v) is 10.8. The van der Waals surface area contributed by atoms with Crippen LogP contribution in [0.5, 0.6) is 0 Å². The molecule has 0 aliphatic heterocycles. The number of nitrogens with one attached hydrogen (secondary N) is 1. The van der Waals surface area contributed by atoms with Crippen molar-refractivity contribution in [2.75, 3.05) is 13.2 Å². The van der Waals surface area contributed by atoms with Crippen molar-refractivity contribution in [1.29, 1.82) is 0 Å². The van der Waals surface area contributed by atoms with Gasteiger partial charge < -0.3 is 9.74 Å². The highest BCUT2D eigenvalue weighted by molar-refractivity contribution is 6.74. The molecule has 3 heteroatoms. The van der Waals surface area contributed by atoms with Gasteiger partial charge in [0.1, 0.15) is 0 Å². The Balaban J connectivity index is 3.95. The third-order valence-corrected chi connectivity index (χ3v) is 7.82. The lowest BCUT2D eigenvalue weighted by atomic mass is 10.2. The summed E-state index contributed by atoms with van der Waals surface area (Å²) in [6.45, 7) is 17.4. The zero-order valence-corrected chi connectivity index (χ0v) is 13.1. The minimum Gasteiger partial charge on any atom is -0.415 e. The minimum absolute atomic E-state index is 0.302. The van der Waals surface area contributed by atoms with Gasteiger partial charge in [-0.05, 0) is 32.0 Å². The predicted octanol–water partition coefficient (Wildman–Crippen LogP) is 3.56. The maximum atomic E-state index is 6.14. The Morgan fingerprint density at radius 1 is 1.31 bits per heavy atom. The van der Waals surface area contributed by atoms with Crippen molar-refractivity contribution in [3.05, 3.63) is 12.2 Å². The normalized spacial score (nSPS) is 15.7. The SMILES string of the molecule is C/C=C/CNC(C)CO[Si](C)(C)C(C)(C)C. The molecule has 1 N–H and O–H groups in total. The topological polar surface area (TPSA) is 21.3 Å². The summed E-state index contributed by atoms with van der Waals surface area (Å²) in [5.41, 5.74) is 0. The molecule has 0 saturated carbocycles. The van der Waals surface area contributed by atoms with E-state index in [0.29, 0.717) is 11.1 Å². The molecule has 0 spiro atoms. The Kier molecular flexibility index (Phi) is 6.52. The summed E-state index contributed by atoms with van der Waals surface area (Å²) in [4.78, 5) is 0. The molecule has 0 aromatic rings. The van der Waals surface area contributed by atoms with Crippen LogP contribution in [-0.4, -0.2) is 27.5 Å². The van der Waals surface area contributed by atoms with Gasteiger partial charge in [0, 0.05) is 19.2 Å². The summed E-state index contributed by atoms with van der Waals surface area (Å²) in [5, 5.41) is 3.72. The number of hydrogen-bond acceptors (Lipinski definition) is 2. The van der Waals surface area contributed by atoms with Gasteiger partial charge in [0.25, 0.3) is 0 Å². The number of allylic oxidation sites excluding steroid dienone is 1. The standard InChI is InChI=1S/C13H29NOSi/c1-8-9-10-14-12(2)11-15-16(6,7)13(3,4)5/h8-9,12,14H,10-11H2,1-7H3/b9-8+. The smallest absolute Gasteiger partial charge is 0.192 e. The molecule has 0 aromatic heterocycles. The fourth-order valence-electron chi connectivity index (χ4n) is 0.996. The quantitative estimate of drug-likeness (QED) is 0.569. The van der Waals surface area contributed by atoms with E-state index in [1.807, 2.05) is 6.92 Å². The van der Waals surface area contributed by atoms with E-state index in [4.69, 9.17) is 4.43 Å². The summed E-state index contributed by atoms with van der Waals surface area (Å²) in [6.07, 6.45) is 4.19. The van der Waals surface area contributed by atoms with Crippen molar-refractivity contribution < 1.29 is 4.43 Å². The highest BCUT2D eigenvalue weighted by atomic mass is 28.4. The second kappa shape index (κ2) is 6.57. The van der Waals surface area contributed by atoms with Gasteiger partial charge in [-0.2, -0.15) is 0 Å². The van der Waals surface area contributed by atoms with Gasteiger partial charge in [-0.3, -0.25) is 0 Å². The van der Waals surface area contributed by atoms with Gasteiger partial charge in [-0.1, -0.05) is 32.9 Å². The lowest BCUT2D eigenvalue weighted by molar-refractivity contribution is 0.253. The van der Waals surface area contributed by atoms with Crippen molar-refractivity contribution >= 4 is 8.32 Å². The Morgan fingerprint density at radius 3 is 2.31 bits per heavy atom. The molecular weight excluding hydrogens is 214 g/mol. The Labute approximate surface area is 103 Å². The summed E-state index contributed by atoms with van der Waals surface area (Å²) in [5.74, 6) is 0. The van der Waals surface area contributed by atoms with Gasteiger partial charge in [0.05, 0.1) is 0 Å². The minimum atomic E-state index is -1.57. The molecule has 0 aliphatic rings. The van der Waals surface area contributed by atoms with Crippen molar-refractivity contribution in [2.24, 2.45) is 0 Å². The van der Waals surface area contributed by atoms with E-state index < -0.39 is 8.32 Å². The molecule has 0 rings (SSSR count). The largest absolute Gasteiger partial charge is 0.415 e. The maximum Gasteiger partial charge on any atom is 0.192 e. The van der Waals surface area contributed by atoms with Crippen LogP contribution in [-0.2, 0) is 4.43 Å². The molecule has 1 atom stereocenters. The second-order valence-electron chi connectivity index (χ2n) is 5.95. The summed E-state index contributed by atoms with van der Waals surface area (Å²) in [7, 11) is -1.57. The van der Waals surface area contributed by atoms with E-state index in [9.17, 15) is 0 Å². The Bertz CT molecular complexity index is 218. The van der Waals surface area contributed by atoms with Gasteiger partial charge in [0.2, 0.25) is 0 Å². The Morgan fingerprint density at radius 2 is 1.88 bits per heavy atom. The summed E-state index contributed by atoms with van der Waals surface area (Å²) < 4.78 is 6.14. The van der Waals surface area contributed by atoms with Gasteiger partial charge >= 0.3 is 0 Å². The van der Waals surface area contributed by atoms with Crippen molar-refractivity contribution in [1.82, 2.24) is 5.32 Å². The van der Waals surface area contributed by atoms with Crippen LogP contribution in [0.3, 0.4) is 0 Å². The van der Waals surface area contributed by atoms with Crippen molar-refractivity contribution in [3.8, 4) is 0 Å². The average molecular weight is 243 g/mol. The molecule has 0 bridgehead atoms. The van der Waals surface area contributed by atoms with Crippen LogP contribution in [0.15, 0.2) is 12.2 Å². The zero-order valence-electron chi connectivity index (χ0n) is 12.1. The maximum absolute atomic E-state index is 6.14. The number of hydrogen-bond donors (Lipinski definition) is 1. The summed E-state index contributed by atoms with van der Waals surface area (Å²) >= 11 is 0. The number of rotatable bonds is 6. The van der Waals surface area contributed by atoms with E-state index in [-0.39, 0.29) is 0 Å². The van der Waals surface area contributed by atoms with Crippen molar-refractivity contribution in [3.63, 3.8) is 0 Å². The van der Waals surface area contributed by atoms with Crippen LogP contribution in [0.1, 0.15) is 34.6 Å². The first-order chi connectivity index (χ1) is 7.20. The highest BCUT2D eigenvalue weighted by Gasteiger charge is 2.37. The summed E-state index contributed by atoms with van der Waals surface area (Å²) in [6, 6.07) is 0.422. The highest BCUT2D eigenvalue weighted by Crippen LogP contribution is 2.36.